The number of nitrogens with one attached hydrogen (secondary N) is 3. The lowest BCUT2D eigenvalue weighted by Gasteiger charge is -2.40. The number of hydrogen-bond donors (Lipinski definition) is 5. The van der Waals surface area contributed by atoms with E-state index < -0.39 is 0 Å². The predicted molar refractivity (Wildman–Crippen MR) is 153 cm³/mol. The first-order valence-electron chi connectivity index (χ1n) is 14.8. The van der Waals surface area contributed by atoms with Crippen molar-refractivity contribution in [3.63, 3.8) is 0 Å². The van der Waals surface area contributed by atoms with Gasteiger partial charge in [-0.2, -0.15) is 0 Å². The summed E-state index contributed by atoms with van der Waals surface area (Å²) in [6.07, 6.45) is 8.25. The Balaban J connectivity index is 1.06. The fourth-order valence-corrected chi connectivity index (χ4v) is 10.4. The molecule has 5 fully saturated rings. The lowest BCUT2D eigenvalue weighted by atomic mass is 9.87. The van der Waals surface area contributed by atoms with Crippen molar-refractivity contribution in [2.24, 2.45) is 17.6 Å². The predicted octanol–water partition coefficient (Wildman–Crippen LogP) is -0.745. The maximum absolute atomic E-state index is 13.0. The number of primary amides is 1. The summed E-state index contributed by atoms with van der Waals surface area (Å²) in [4.78, 5) is 27.6. The molecule has 10 nitrogen and oxygen atoms in total. The number of ether oxygens (including phenoxy) is 2. The summed E-state index contributed by atoms with van der Waals surface area (Å²) >= 11 is 3.78. The number of morpholine rings is 1. The van der Waals surface area contributed by atoms with E-state index >= 15 is 0 Å². The minimum absolute atomic E-state index is 0.00841. The molecule has 0 aromatic carbocycles. The van der Waals surface area contributed by atoms with Crippen molar-refractivity contribution in [2.75, 3.05) is 45.2 Å². The number of amides is 1. The van der Waals surface area contributed by atoms with E-state index in [0.717, 1.165) is 43.3 Å². The summed E-state index contributed by atoms with van der Waals surface area (Å²) in [5.74, 6) is 1.68. The molecule has 39 heavy (non-hydrogen) atoms. The zero-order valence-corrected chi connectivity index (χ0v) is 24.4. The van der Waals surface area contributed by atoms with Crippen molar-refractivity contribution in [3.05, 3.63) is 11.1 Å². The monoisotopic (exact) mass is 581 g/mol. The molecule has 10 atom stereocenters. The molecule has 1 amide bonds. The van der Waals surface area contributed by atoms with Crippen LogP contribution in [0.15, 0.2) is 11.1 Å². The topological polar surface area (TPSA) is 146 Å². The van der Waals surface area contributed by atoms with Crippen LogP contribution in [0.2, 0.25) is 0 Å². The van der Waals surface area contributed by atoms with Gasteiger partial charge in [-0.3, -0.25) is 9.59 Å². The minimum atomic E-state index is -0.364. The fraction of sp³-hybridized carbons (Fsp3) is 0.852. The second-order valence-corrected chi connectivity index (χ2v) is 14.5. The maximum atomic E-state index is 13.0. The summed E-state index contributed by atoms with van der Waals surface area (Å²) < 4.78 is 11.6. The van der Waals surface area contributed by atoms with E-state index in [1.54, 1.807) is 6.08 Å². The van der Waals surface area contributed by atoms with Crippen LogP contribution in [-0.2, 0) is 19.1 Å². The molecule has 5 heterocycles. The first-order valence-corrected chi connectivity index (χ1v) is 16.7. The Morgan fingerprint density at radius 3 is 2.77 bits per heavy atom. The summed E-state index contributed by atoms with van der Waals surface area (Å²) in [6.45, 7) is 4.49. The van der Waals surface area contributed by atoms with E-state index in [1.807, 2.05) is 23.5 Å². The fourth-order valence-electron chi connectivity index (χ4n) is 7.31. The number of hydrogen-bond acceptors (Lipinski definition) is 10. The van der Waals surface area contributed by atoms with Gasteiger partial charge < -0.3 is 41.8 Å². The first kappa shape index (κ1) is 28.3. The first-order chi connectivity index (χ1) is 19.0. The summed E-state index contributed by atoms with van der Waals surface area (Å²) in [5, 5.41) is 12.6. The summed E-state index contributed by atoms with van der Waals surface area (Å²) in [6, 6.07) is 0.823. The SMILES string of the molecule is NC(=O)C1NCC(N[C@H]2CCCC[C@H]2[NH3+])CC1NC1CC(C2COC3C(=O)C=C(N4CCOCC4)SC32)CS1. The standard InChI is InChI=1S/C27H44N6O4S2/c28-18-3-1-2-4-19(18)31-16-10-20(24(27(29)35)30-12-16)32-22-9-15(14-38-22)17-13-37-25-21(34)11-23(39-26(17)25)33-5-7-36-8-6-33/h11,15-20,22,24-26,30-32H,1-10,12-14,28H2,(H2,29,35)/p+1/t15?,16?,17?,18-,19+,20?,22?,24?,25?,26?/m1/s1. The van der Waals surface area contributed by atoms with Crippen LogP contribution in [0.5, 0.6) is 0 Å². The summed E-state index contributed by atoms with van der Waals surface area (Å²) in [7, 11) is 0. The molecule has 0 spiro atoms. The van der Waals surface area contributed by atoms with Gasteiger partial charge >= 0.3 is 0 Å². The van der Waals surface area contributed by atoms with Crippen molar-refractivity contribution in [3.8, 4) is 0 Å². The Bertz CT molecular complexity index is 936. The number of nitrogens with zero attached hydrogens (tertiary/aromatic N) is 1. The zero-order chi connectivity index (χ0) is 26.9. The van der Waals surface area contributed by atoms with Crippen LogP contribution in [-0.4, -0.2) is 109 Å². The van der Waals surface area contributed by atoms with Crippen molar-refractivity contribution in [2.45, 2.75) is 85.5 Å². The number of nitrogens with two attached hydrogens (primary N) is 1. The van der Waals surface area contributed by atoms with Gasteiger partial charge in [0, 0.05) is 55.4 Å². The van der Waals surface area contributed by atoms with Gasteiger partial charge in [0.15, 0.2) is 5.78 Å². The second kappa shape index (κ2) is 12.6. The van der Waals surface area contributed by atoms with E-state index in [4.69, 9.17) is 15.2 Å². The molecule has 0 bridgehead atoms. The van der Waals surface area contributed by atoms with Crippen LogP contribution in [0.25, 0.3) is 0 Å². The highest BCUT2D eigenvalue weighted by molar-refractivity contribution is 8.03. The Labute approximate surface area is 239 Å². The number of carbonyl (C=O) groups is 2. The number of thioether (sulfide) groups is 2. The van der Waals surface area contributed by atoms with Crippen molar-refractivity contribution in [1.29, 1.82) is 0 Å². The number of ketones is 1. The molecule has 5 aliphatic heterocycles. The van der Waals surface area contributed by atoms with Crippen molar-refractivity contribution in [1.82, 2.24) is 20.9 Å². The van der Waals surface area contributed by atoms with E-state index in [2.05, 4.69) is 26.6 Å². The van der Waals surface area contributed by atoms with Gasteiger partial charge in [-0.25, -0.2) is 0 Å². The molecule has 0 aromatic heterocycles. The van der Waals surface area contributed by atoms with Gasteiger partial charge in [0.05, 0.1) is 42.3 Å². The van der Waals surface area contributed by atoms with E-state index in [-0.39, 0.29) is 40.5 Å². The molecule has 0 radical (unpaired) electrons. The normalized spacial score (nSPS) is 43.3. The van der Waals surface area contributed by atoms with Crippen LogP contribution in [0.1, 0.15) is 38.5 Å². The number of carbonyl (C=O) groups excluding carboxylic acids is 2. The third kappa shape index (κ3) is 6.33. The Morgan fingerprint density at radius 1 is 1.15 bits per heavy atom. The molecule has 0 aromatic rings. The van der Waals surface area contributed by atoms with Crippen LogP contribution in [0.3, 0.4) is 0 Å². The molecule has 6 rings (SSSR count). The highest BCUT2D eigenvalue weighted by Gasteiger charge is 2.49. The van der Waals surface area contributed by atoms with E-state index in [9.17, 15) is 9.59 Å². The maximum Gasteiger partial charge on any atom is 0.236 e. The number of fused-ring (bicyclic) bond motifs is 1. The van der Waals surface area contributed by atoms with Crippen LogP contribution >= 0.6 is 23.5 Å². The molecular formula is C27H45N6O4S2+. The van der Waals surface area contributed by atoms with Gasteiger partial charge in [-0.05, 0) is 37.4 Å². The van der Waals surface area contributed by atoms with Gasteiger partial charge in [0.2, 0.25) is 5.91 Å². The molecule has 8 N–H and O–H groups in total. The molecule has 12 heteroatoms. The molecular weight excluding hydrogens is 536 g/mol. The summed E-state index contributed by atoms with van der Waals surface area (Å²) in [5.41, 5.74) is 10.2. The van der Waals surface area contributed by atoms with E-state index in [0.29, 0.717) is 49.8 Å². The molecule has 1 saturated carbocycles. The second-order valence-electron chi connectivity index (χ2n) is 12.1. The minimum Gasteiger partial charge on any atom is -0.378 e. The highest BCUT2D eigenvalue weighted by atomic mass is 32.2. The van der Waals surface area contributed by atoms with Crippen LogP contribution in [0, 0.1) is 11.8 Å². The largest absolute Gasteiger partial charge is 0.378 e. The average Bonchev–Trinajstić information content (AvgIpc) is 3.58. The third-order valence-electron chi connectivity index (χ3n) is 9.54. The number of rotatable bonds is 7. The Kier molecular flexibility index (Phi) is 9.11. The Hall–Kier alpha value is -0.860. The average molecular weight is 582 g/mol. The highest BCUT2D eigenvalue weighted by Crippen LogP contribution is 2.48. The molecule has 6 aliphatic rings. The molecule has 218 valence electrons. The smallest absolute Gasteiger partial charge is 0.236 e. The van der Waals surface area contributed by atoms with Crippen LogP contribution in [0.4, 0.5) is 0 Å². The lowest BCUT2D eigenvalue weighted by molar-refractivity contribution is -0.431. The molecule has 1 aliphatic carbocycles. The molecule has 8 unspecified atom stereocenters. The van der Waals surface area contributed by atoms with E-state index in [1.165, 1.54) is 25.7 Å². The van der Waals surface area contributed by atoms with Crippen molar-refractivity contribution >= 4 is 35.2 Å². The van der Waals surface area contributed by atoms with Gasteiger partial charge in [0.25, 0.3) is 0 Å². The number of quaternary nitrogens is 1. The van der Waals surface area contributed by atoms with Gasteiger partial charge in [0.1, 0.15) is 12.1 Å². The van der Waals surface area contributed by atoms with Gasteiger partial charge in [-0.15, -0.1) is 23.5 Å². The van der Waals surface area contributed by atoms with Crippen LogP contribution < -0.4 is 27.4 Å². The van der Waals surface area contributed by atoms with Crippen molar-refractivity contribution < 1.29 is 24.8 Å². The third-order valence-corrected chi connectivity index (χ3v) is 12.4. The Morgan fingerprint density at radius 2 is 1.97 bits per heavy atom. The molecule has 4 saturated heterocycles. The lowest BCUT2D eigenvalue weighted by Crippen LogP contribution is -2.72. The number of piperidine rings is 1. The quantitative estimate of drug-likeness (QED) is 0.261. The zero-order valence-electron chi connectivity index (χ0n) is 22.7. The van der Waals surface area contributed by atoms with Gasteiger partial charge in [-0.1, -0.05) is 6.42 Å².